The predicted octanol–water partition coefficient (Wildman–Crippen LogP) is 1.55. The molecule has 154 valence electrons. The number of rotatable bonds is 6. The molecule has 1 atom stereocenters. The highest BCUT2D eigenvalue weighted by Crippen LogP contribution is 2.23. The smallest absolute Gasteiger partial charge is 0.234 e. The van der Waals surface area contributed by atoms with Gasteiger partial charge in [0.1, 0.15) is 0 Å². The molecule has 0 unspecified atom stereocenters. The Morgan fingerprint density at radius 1 is 1.03 bits per heavy atom. The molecular weight excluding hydrogens is 364 g/mol. The molecule has 0 bridgehead atoms. The maximum atomic E-state index is 12.4. The highest BCUT2D eigenvalue weighted by atomic mass is 16.2. The van der Waals surface area contributed by atoms with Gasteiger partial charge in [-0.25, -0.2) is 9.97 Å². The van der Waals surface area contributed by atoms with Gasteiger partial charge < -0.3 is 15.1 Å². The highest BCUT2D eigenvalue weighted by molar-refractivity contribution is 5.78. The van der Waals surface area contributed by atoms with E-state index in [0.29, 0.717) is 12.5 Å². The second kappa shape index (κ2) is 9.22. The number of anilines is 2. The SMILES string of the molecule is Cc1ccc(N2CC[C@@H](CNC(=O)CN3CCN(c4ncccn4)CC3)C2)cc1. The first-order valence-electron chi connectivity index (χ1n) is 10.5. The first-order chi connectivity index (χ1) is 14.2. The van der Waals surface area contributed by atoms with Crippen molar-refractivity contribution in [2.24, 2.45) is 5.92 Å². The van der Waals surface area contributed by atoms with Gasteiger partial charge in [0.05, 0.1) is 6.54 Å². The van der Waals surface area contributed by atoms with E-state index >= 15 is 0 Å². The molecule has 2 aliphatic rings. The van der Waals surface area contributed by atoms with E-state index in [1.165, 1.54) is 11.3 Å². The Morgan fingerprint density at radius 2 is 1.76 bits per heavy atom. The molecule has 1 N–H and O–H groups in total. The number of hydrogen-bond donors (Lipinski definition) is 1. The molecule has 2 saturated heterocycles. The lowest BCUT2D eigenvalue weighted by molar-refractivity contribution is -0.122. The zero-order valence-electron chi connectivity index (χ0n) is 17.1. The number of hydrogen-bond acceptors (Lipinski definition) is 6. The maximum Gasteiger partial charge on any atom is 0.234 e. The molecular formula is C22H30N6O. The van der Waals surface area contributed by atoms with Gasteiger partial charge >= 0.3 is 0 Å². The summed E-state index contributed by atoms with van der Waals surface area (Å²) in [5.74, 6) is 1.42. The second-order valence-corrected chi connectivity index (χ2v) is 8.05. The van der Waals surface area contributed by atoms with E-state index in [4.69, 9.17) is 0 Å². The van der Waals surface area contributed by atoms with Gasteiger partial charge in [-0.05, 0) is 37.5 Å². The summed E-state index contributed by atoms with van der Waals surface area (Å²) in [6.45, 7) is 8.84. The normalized spacial score (nSPS) is 20.1. The second-order valence-electron chi connectivity index (χ2n) is 8.05. The molecule has 0 spiro atoms. The Labute approximate surface area is 172 Å². The van der Waals surface area contributed by atoms with Crippen LogP contribution in [0.4, 0.5) is 11.6 Å². The van der Waals surface area contributed by atoms with Gasteiger partial charge in [-0.15, -0.1) is 0 Å². The molecule has 2 aliphatic heterocycles. The number of carbonyl (C=O) groups is 1. The van der Waals surface area contributed by atoms with Crippen molar-refractivity contribution in [2.45, 2.75) is 13.3 Å². The summed E-state index contributed by atoms with van der Waals surface area (Å²) in [4.78, 5) is 27.8. The van der Waals surface area contributed by atoms with Crippen LogP contribution in [0.1, 0.15) is 12.0 Å². The molecule has 1 amide bonds. The molecule has 2 aromatic rings. The summed E-state index contributed by atoms with van der Waals surface area (Å²) in [5, 5.41) is 3.15. The lowest BCUT2D eigenvalue weighted by Gasteiger charge is -2.34. The zero-order chi connectivity index (χ0) is 20.1. The van der Waals surface area contributed by atoms with Gasteiger partial charge in [-0.1, -0.05) is 17.7 Å². The summed E-state index contributed by atoms with van der Waals surface area (Å²) in [5.41, 5.74) is 2.57. The van der Waals surface area contributed by atoms with Crippen LogP contribution in [0.2, 0.25) is 0 Å². The van der Waals surface area contributed by atoms with Crippen LogP contribution in [-0.4, -0.2) is 73.1 Å². The number of aromatic nitrogens is 2. The van der Waals surface area contributed by atoms with Crippen molar-refractivity contribution >= 4 is 17.5 Å². The predicted molar refractivity (Wildman–Crippen MR) is 115 cm³/mol. The molecule has 0 saturated carbocycles. The maximum absolute atomic E-state index is 12.4. The van der Waals surface area contributed by atoms with E-state index in [2.05, 4.69) is 61.2 Å². The van der Waals surface area contributed by atoms with Crippen LogP contribution in [0.3, 0.4) is 0 Å². The Balaban J connectivity index is 1.16. The van der Waals surface area contributed by atoms with E-state index < -0.39 is 0 Å². The quantitative estimate of drug-likeness (QED) is 0.802. The molecule has 29 heavy (non-hydrogen) atoms. The number of piperazine rings is 1. The number of nitrogens with zero attached hydrogens (tertiary/aromatic N) is 5. The molecule has 1 aromatic carbocycles. The molecule has 0 aliphatic carbocycles. The minimum Gasteiger partial charge on any atom is -0.371 e. The van der Waals surface area contributed by atoms with Gasteiger partial charge in [0.15, 0.2) is 0 Å². The topological polar surface area (TPSA) is 64.6 Å². The fourth-order valence-electron chi connectivity index (χ4n) is 4.07. The zero-order valence-corrected chi connectivity index (χ0v) is 17.1. The molecule has 4 rings (SSSR count). The average Bonchev–Trinajstić information content (AvgIpc) is 3.23. The third-order valence-corrected chi connectivity index (χ3v) is 5.85. The van der Waals surface area contributed by atoms with Crippen LogP contribution in [0.25, 0.3) is 0 Å². The van der Waals surface area contributed by atoms with Crippen LogP contribution < -0.4 is 15.1 Å². The fraction of sp³-hybridized carbons (Fsp3) is 0.500. The number of benzene rings is 1. The van der Waals surface area contributed by atoms with Crippen molar-refractivity contribution in [3.8, 4) is 0 Å². The van der Waals surface area contributed by atoms with E-state index in [9.17, 15) is 4.79 Å². The minimum absolute atomic E-state index is 0.128. The van der Waals surface area contributed by atoms with E-state index in [1.54, 1.807) is 12.4 Å². The largest absolute Gasteiger partial charge is 0.371 e. The number of aryl methyl sites for hydroxylation is 1. The highest BCUT2D eigenvalue weighted by Gasteiger charge is 2.24. The fourth-order valence-corrected chi connectivity index (χ4v) is 4.07. The van der Waals surface area contributed by atoms with E-state index in [-0.39, 0.29) is 5.91 Å². The third-order valence-electron chi connectivity index (χ3n) is 5.85. The summed E-state index contributed by atoms with van der Waals surface area (Å²) in [6.07, 6.45) is 4.67. The third kappa shape index (κ3) is 5.23. The van der Waals surface area contributed by atoms with Crippen molar-refractivity contribution in [2.75, 3.05) is 62.2 Å². The van der Waals surface area contributed by atoms with Gasteiger partial charge in [-0.3, -0.25) is 9.69 Å². The lowest BCUT2D eigenvalue weighted by atomic mass is 10.1. The molecule has 7 nitrogen and oxygen atoms in total. The summed E-state index contributed by atoms with van der Waals surface area (Å²) < 4.78 is 0. The van der Waals surface area contributed by atoms with E-state index in [1.807, 2.05) is 6.07 Å². The summed E-state index contributed by atoms with van der Waals surface area (Å²) >= 11 is 0. The molecule has 1 aromatic heterocycles. The lowest BCUT2D eigenvalue weighted by Crippen LogP contribution is -2.50. The average molecular weight is 395 g/mol. The summed E-state index contributed by atoms with van der Waals surface area (Å²) in [6, 6.07) is 10.5. The van der Waals surface area contributed by atoms with Crippen molar-refractivity contribution in [1.29, 1.82) is 0 Å². The summed E-state index contributed by atoms with van der Waals surface area (Å²) in [7, 11) is 0. The van der Waals surface area contributed by atoms with Gasteiger partial charge in [0, 0.05) is 63.9 Å². The van der Waals surface area contributed by atoms with Crippen molar-refractivity contribution in [3.05, 3.63) is 48.3 Å². The molecule has 7 heteroatoms. The van der Waals surface area contributed by atoms with Crippen molar-refractivity contribution in [1.82, 2.24) is 20.2 Å². The molecule has 2 fully saturated rings. The Morgan fingerprint density at radius 3 is 2.48 bits per heavy atom. The molecule has 0 radical (unpaired) electrons. The first kappa shape index (κ1) is 19.6. The van der Waals surface area contributed by atoms with E-state index in [0.717, 1.165) is 58.2 Å². The van der Waals surface area contributed by atoms with Crippen LogP contribution in [0.15, 0.2) is 42.7 Å². The number of amides is 1. The van der Waals surface area contributed by atoms with Crippen LogP contribution in [0.5, 0.6) is 0 Å². The van der Waals surface area contributed by atoms with Crippen LogP contribution >= 0.6 is 0 Å². The van der Waals surface area contributed by atoms with Crippen LogP contribution in [-0.2, 0) is 4.79 Å². The minimum atomic E-state index is 0.128. The van der Waals surface area contributed by atoms with Gasteiger partial charge in [-0.2, -0.15) is 0 Å². The van der Waals surface area contributed by atoms with Crippen molar-refractivity contribution < 1.29 is 4.79 Å². The Kier molecular flexibility index (Phi) is 6.24. The van der Waals surface area contributed by atoms with Crippen LogP contribution in [0, 0.1) is 12.8 Å². The molecule has 3 heterocycles. The Hall–Kier alpha value is -2.67. The monoisotopic (exact) mass is 394 g/mol. The van der Waals surface area contributed by atoms with Gasteiger partial charge in [0.25, 0.3) is 0 Å². The van der Waals surface area contributed by atoms with Gasteiger partial charge in [0.2, 0.25) is 11.9 Å². The van der Waals surface area contributed by atoms with Crippen molar-refractivity contribution in [3.63, 3.8) is 0 Å². The number of nitrogens with one attached hydrogen (secondary N) is 1. The Bertz CT molecular complexity index is 789. The number of carbonyl (C=O) groups excluding carboxylic acids is 1. The standard InChI is InChI=1S/C22H30N6O/c1-18-3-5-20(6-4-18)28-10-7-19(16-28)15-25-21(29)17-26-11-13-27(14-12-26)22-23-8-2-9-24-22/h2-6,8-9,19H,7,10-17H2,1H3,(H,25,29)/t19-/m0/s1. The first-order valence-corrected chi connectivity index (χ1v) is 10.5.